The number of allylic oxidation sites excluding steroid dienone is 2. The Morgan fingerprint density at radius 3 is 2.44 bits per heavy atom. The van der Waals surface area contributed by atoms with Crippen LogP contribution in [0.15, 0.2) is 48.0 Å². The van der Waals surface area contributed by atoms with E-state index in [1.807, 2.05) is 43.3 Å². The van der Waals surface area contributed by atoms with Gasteiger partial charge in [-0.1, -0.05) is 50.1 Å². The number of rotatable bonds is 7. The van der Waals surface area contributed by atoms with E-state index in [-0.39, 0.29) is 5.75 Å². The highest BCUT2D eigenvalue weighted by atomic mass is 16.3. The quantitative estimate of drug-likeness (QED) is 0.544. The van der Waals surface area contributed by atoms with Gasteiger partial charge in [-0.15, -0.1) is 15.0 Å². The number of benzene rings is 2. The maximum Gasteiger partial charge on any atom is 0.146 e. The minimum Gasteiger partial charge on any atom is -0.505 e. The van der Waals surface area contributed by atoms with Crippen molar-refractivity contribution in [3.63, 3.8) is 0 Å². The summed E-state index contributed by atoms with van der Waals surface area (Å²) in [6, 6.07) is 11.7. The van der Waals surface area contributed by atoms with Gasteiger partial charge in [0.05, 0.1) is 0 Å². The van der Waals surface area contributed by atoms with Gasteiger partial charge in [-0.05, 0) is 62.8 Å². The molecule has 142 valence electrons. The molecule has 0 aliphatic heterocycles. The lowest BCUT2D eigenvalue weighted by atomic mass is 10.0. The highest BCUT2D eigenvalue weighted by molar-refractivity contribution is 5.73. The van der Waals surface area contributed by atoms with Gasteiger partial charge in [0.1, 0.15) is 22.5 Å². The van der Waals surface area contributed by atoms with Crippen LogP contribution in [0.2, 0.25) is 0 Å². The van der Waals surface area contributed by atoms with Gasteiger partial charge >= 0.3 is 0 Å². The molecule has 4 nitrogen and oxygen atoms in total. The van der Waals surface area contributed by atoms with Crippen LogP contribution < -0.4 is 0 Å². The third-order valence-corrected chi connectivity index (χ3v) is 4.84. The Balaban J connectivity index is 1.83. The first-order valence-corrected chi connectivity index (χ1v) is 9.74. The van der Waals surface area contributed by atoms with Crippen LogP contribution in [0.3, 0.4) is 0 Å². The van der Waals surface area contributed by atoms with Crippen LogP contribution in [0.25, 0.3) is 16.7 Å². The molecule has 0 fully saturated rings. The molecule has 0 spiro atoms. The molecule has 1 N–H and O–H groups in total. The Morgan fingerprint density at radius 1 is 1.15 bits per heavy atom. The van der Waals surface area contributed by atoms with Crippen LogP contribution in [-0.2, 0) is 6.42 Å². The van der Waals surface area contributed by atoms with Gasteiger partial charge in [0.2, 0.25) is 0 Å². The van der Waals surface area contributed by atoms with Crippen LogP contribution in [0, 0.1) is 12.8 Å². The minimum absolute atomic E-state index is 0.257. The molecule has 0 aliphatic carbocycles. The van der Waals surface area contributed by atoms with Gasteiger partial charge in [0, 0.05) is 5.56 Å². The summed E-state index contributed by atoms with van der Waals surface area (Å²) in [5, 5.41) is 19.8. The number of fused-ring (bicyclic) bond motifs is 1. The maximum atomic E-state index is 10.8. The third kappa shape index (κ3) is 4.76. The first kappa shape index (κ1) is 19.2. The van der Waals surface area contributed by atoms with E-state index in [2.05, 4.69) is 37.0 Å². The summed E-state index contributed by atoms with van der Waals surface area (Å²) in [5.41, 5.74) is 5.65. The van der Waals surface area contributed by atoms with Gasteiger partial charge in [0.15, 0.2) is 0 Å². The van der Waals surface area contributed by atoms with Gasteiger partial charge < -0.3 is 5.11 Å². The zero-order valence-electron chi connectivity index (χ0n) is 16.7. The van der Waals surface area contributed by atoms with E-state index in [1.165, 1.54) is 23.2 Å². The Bertz CT molecular complexity index is 920. The summed E-state index contributed by atoms with van der Waals surface area (Å²) >= 11 is 0. The lowest BCUT2D eigenvalue weighted by molar-refractivity contribution is 0.462. The first-order chi connectivity index (χ1) is 12.9. The number of aryl methyl sites for hydroxylation is 1. The van der Waals surface area contributed by atoms with Crippen molar-refractivity contribution < 1.29 is 5.11 Å². The number of phenolic OH excluding ortho intramolecular Hbond substituents is 1. The number of aromatic nitrogens is 3. The zero-order chi connectivity index (χ0) is 19.4. The van der Waals surface area contributed by atoms with Crippen molar-refractivity contribution in [2.45, 2.75) is 53.4 Å². The number of hydrogen-bond donors (Lipinski definition) is 1. The van der Waals surface area contributed by atoms with Crippen molar-refractivity contribution in [3.05, 3.63) is 59.2 Å². The molecule has 2 aromatic carbocycles. The molecule has 0 radical (unpaired) electrons. The zero-order valence-corrected chi connectivity index (χ0v) is 16.7. The molecule has 27 heavy (non-hydrogen) atoms. The van der Waals surface area contributed by atoms with Crippen LogP contribution in [0.1, 0.15) is 51.2 Å². The molecular weight excluding hydrogens is 334 g/mol. The van der Waals surface area contributed by atoms with Crippen molar-refractivity contribution in [2.24, 2.45) is 5.92 Å². The lowest BCUT2D eigenvalue weighted by Gasteiger charge is -2.10. The number of aromatic hydroxyl groups is 1. The maximum absolute atomic E-state index is 10.8. The molecule has 1 heterocycles. The van der Waals surface area contributed by atoms with Crippen molar-refractivity contribution >= 4 is 11.0 Å². The number of hydrogen-bond acceptors (Lipinski definition) is 3. The van der Waals surface area contributed by atoms with Gasteiger partial charge in [-0.2, -0.15) is 0 Å². The third-order valence-electron chi connectivity index (χ3n) is 4.84. The monoisotopic (exact) mass is 363 g/mol. The van der Waals surface area contributed by atoms with E-state index in [0.29, 0.717) is 5.69 Å². The summed E-state index contributed by atoms with van der Waals surface area (Å²) in [4.78, 5) is 1.54. The van der Waals surface area contributed by atoms with Gasteiger partial charge in [-0.3, -0.25) is 0 Å². The molecule has 3 aromatic rings. The fourth-order valence-corrected chi connectivity index (χ4v) is 3.28. The molecule has 0 aliphatic rings. The van der Waals surface area contributed by atoms with Crippen molar-refractivity contribution in [1.29, 1.82) is 0 Å². The lowest BCUT2D eigenvalue weighted by Crippen LogP contribution is -2.01. The van der Waals surface area contributed by atoms with E-state index in [4.69, 9.17) is 0 Å². The summed E-state index contributed by atoms with van der Waals surface area (Å²) in [6.45, 7) is 8.74. The van der Waals surface area contributed by atoms with Crippen LogP contribution in [-0.4, -0.2) is 20.1 Å². The van der Waals surface area contributed by atoms with E-state index < -0.39 is 0 Å². The summed E-state index contributed by atoms with van der Waals surface area (Å²) in [5.74, 6) is 1.00. The fraction of sp³-hybridized carbons (Fsp3) is 0.391. The van der Waals surface area contributed by atoms with Crippen LogP contribution in [0.4, 0.5) is 0 Å². The molecule has 0 amide bonds. The Labute approximate surface area is 161 Å². The SMILES string of the molecule is C/C(=C\Cc1cc(C)cc(-n2nc3ccccc3n2)c1O)CCCC(C)C. The highest BCUT2D eigenvalue weighted by Crippen LogP contribution is 2.29. The molecule has 0 saturated carbocycles. The molecule has 1 aromatic heterocycles. The summed E-state index contributed by atoms with van der Waals surface area (Å²) in [7, 11) is 0. The van der Waals surface area contributed by atoms with E-state index in [9.17, 15) is 5.11 Å². The Kier molecular flexibility index (Phi) is 5.94. The molecule has 0 saturated heterocycles. The fourth-order valence-electron chi connectivity index (χ4n) is 3.28. The largest absolute Gasteiger partial charge is 0.505 e. The van der Waals surface area contributed by atoms with Gasteiger partial charge in [0.25, 0.3) is 0 Å². The van der Waals surface area contributed by atoms with Gasteiger partial charge in [-0.25, -0.2) is 0 Å². The van der Waals surface area contributed by atoms with E-state index in [1.54, 1.807) is 0 Å². The second-order valence-corrected chi connectivity index (χ2v) is 7.81. The normalized spacial score (nSPS) is 12.3. The van der Waals surface area contributed by atoms with E-state index >= 15 is 0 Å². The number of nitrogens with zero attached hydrogens (tertiary/aromatic N) is 3. The summed E-state index contributed by atoms with van der Waals surface area (Å²) < 4.78 is 0. The Morgan fingerprint density at radius 2 is 1.81 bits per heavy atom. The van der Waals surface area contributed by atoms with E-state index in [0.717, 1.165) is 40.9 Å². The highest BCUT2D eigenvalue weighted by Gasteiger charge is 2.13. The average molecular weight is 364 g/mol. The standard InChI is InChI=1S/C23H29N3O/c1-16(2)8-7-9-17(3)12-13-19-14-18(4)15-22(23(19)27)26-24-20-10-5-6-11-21(20)25-26/h5-6,10-12,14-16,27H,7-9,13H2,1-4H3/b17-12+. The van der Waals surface area contributed by atoms with Crippen molar-refractivity contribution in [3.8, 4) is 11.4 Å². The topological polar surface area (TPSA) is 50.9 Å². The molecule has 0 unspecified atom stereocenters. The predicted molar refractivity (Wildman–Crippen MR) is 111 cm³/mol. The molecule has 3 rings (SSSR count). The minimum atomic E-state index is 0.257. The predicted octanol–water partition coefficient (Wildman–Crippen LogP) is 5.75. The molecule has 0 bridgehead atoms. The second-order valence-electron chi connectivity index (χ2n) is 7.81. The molecular formula is C23H29N3O. The second kappa shape index (κ2) is 8.38. The summed E-state index contributed by atoms with van der Waals surface area (Å²) in [6.07, 6.45) is 6.53. The van der Waals surface area contributed by atoms with Crippen molar-refractivity contribution in [2.75, 3.05) is 0 Å². The smallest absolute Gasteiger partial charge is 0.146 e. The van der Waals surface area contributed by atoms with Crippen LogP contribution in [0.5, 0.6) is 5.75 Å². The van der Waals surface area contributed by atoms with Crippen molar-refractivity contribution in [1.82, 2.24) is 15.0 Å². The Hall–Kier alpha value is -2.62. The molecule has 0 atom stereocenters. The number of phenols is 1. The average Bonchev–Trinajstić information content (AvgIpc) is 3.05. The molecule has 4 heteroatoms. The first-order valence-electron chi connectivity index (χ1n) is 9.74. The van der Waals surface area contributed by atoms with Crippen LogP contribution >= 0.6 is 0 Å².